The first-order valence-corrected chi connectivity index (χ1v) is 6.80. The number of oxime groups is 1. The Hall–Kier alpha value is -1.49. The zero-order valence-electron chi connectivity index (χ0n) is 11.7. The average Bonchev–Trinajstić information content (AvgIpc) is 2.41. The molecule has 0 amide bonds. The predicted octanol–water partition coefficient (Wildman–Crippen LogP) is 3.80. The van der Waals surface area contributed by atoms with Gasteiger partial charge in [-0.1, -0.05) is 30.6 Å². The number of hydrogen-bond donors (Lipinski definition) is 2. The van der Waals surface area contributed by atoms with E-state index in [2.05, 4.69) is 5.16 Å². The van der Waals surface area contributed by atoms with Crippen molar-refractivity contribution >= 4 is 17.4 Å². The predicted molar refractivity (Wildman–Crippen MR) is 77.9 cm³/mol. The van der Waals surface area contributed by atoms with Crippen molar-refractivity contribution in [1.82, 2.24) is 0 Å². The summed E-state index contributed by atoms with van der Waals surface area (Å²) < 4.78 is 18.4. The molecule has 0 atom stereocenters. The zero-order chi connectivity index (χ0) is 15.2. The van der Waals surface area contributed by atoms with E-state index >= 15 is 0 Å². The van der Waals surface area contributed by atoms with Crippen LogP contribution in [-0.4, -0.2) is 17.6 Å². The maximum atomic E-state index is 13.0. The lowest BCUT2D eigenvalue weighted by atomic mass is 9.86. The third kappa shape index (κ3) is 4.89. The van der Waals surface area contributed by atoms with Crippen molar-refractivity contribution in [1.29, 1.82) is 0 Å². The van der Waals surface area contributed by atoms with Gasteiger partial charge in [-0.3, -0.25) is 0 Å². The molecule has 0 unspecified atom stereocenters. The number of ether oxygens (including phenoxy) is 1. The Morgan fingerprint density at radius 1 is 1.45 bits per heavy atom. The standard InChI is InChI=1S/C14H20ClFN2O2/c1-14(2,13(17)18-19)7-3-4-8-20-10-5-6-12(16)11(15)9-10/h5-6,9,19H,3-4,7-8H2,1-2H3,(H2,17,18). The Morgan fingerprint density at radius 2 is 2.15 bits per heavy atom. The van der Waals surface area contributed by atoms with Crippen LogP contribution < -0.4 is 10.5 Å². The highest BCUT2D eigenvalue weighted by Gasteiger charge is 2.22. The van der Waals surface area contributed by atoms with Gasteiger partial charge in [0.15, 0.2) is 0 Å². The summed E-state index contributed by atoms with van der Waals surface area (Å²) >= 11 is 5.66. The van der Waals surface area contributed by atoms with Crippen LogP contribution in [0.4, 0.5) is 4.39 Å². The Kier molecular flexibility index (Phi) is 6.07. The summed E-state index contributed by atoms with van der Waals surface area (Å²) in [6.07, 6.45) is 2.48. The molecule has 0 heterocycles. The van der Waals surface area contributed by atoms with Crippen molar-refractivity contribution in [2.75, 3.05) is 6.61 Å². The van der Waals surface area contributed by atoms with Crippen molar-refractivity contribution < 1.29 is 14.3 Å². The molecule has 6 heteroatoms. The van der Waals surface area contributed by atoms with Crippen molar-refractivity contribution in [2.24, 2.45) is 16.3 Å². The maximum absolute atomic E-state index is 13.0. The first kappa shape index (κ1) is 16.6. The minimum atomic E-state index is -0.459. The van der Waals surface area contributed by atoms with Gasteiger partial charge in [-0.25, -0.2) is 4.39 Å². The summed E-state index contributed by atoms with van der Waals surface area (Å²) in [5.41, 5.74) is 5.27. The van der Waals surface area contributed by atoms with Crippen molar-refractivity contribution in [3.63, 3.8) is 0 Å². The molecule has 0 aliphatic carbocycles. The number of rotatable bonds is 7. The van der Waals surface area contributed by atoms with Crippen molar-refractivity contribution in [3.8, 4) is 5.75 Å². The molecule has 0 saturated heterocycles. The van der Waals surface area contributed by atoms with Gasteiger partial charge in [-0.2, -0.15) is 0 Å². The molecule has 0 saturated carbocycles. The normalized spacial score (nSPS) is 12.5. The van der Waals surface area contributed by atoms with E-state index in [1.807, 2.05) is 13.8 Å². The summed E-state index contributed by atoms with van der Waals surface area (Å²) in [5.74, 6) is 0.315. The largest absolute Gasteiger partial charge is 0.494 e. The van der Waals surface area contributed by atoms with Gasteiger partial charge in [0, 0.05) is 11.5 Å². The summed E-state index contributed by atoms with van der Waals surface area (Å²) in [6, 6.07) is 4.28. The van der Waals surface area contributed by atoms with Gasteiger partial charge >= 0.3 is 0 Å². The van der Waals surface area contributed by atoms with Crippen LogP contribution in [0.3, 0.4) is 0 Å². The van der Waals surface area contributed by atoms with Crippen LogP contribution >= 0.6 is 11.6 Å². The fourth-order valence-electron chi connectivity index (χ4n) is 1.69. The topological polar surface area (TPSA) is 67.8 Å². The van der Waals surface area contributed by atoms with Crippen molar-refractivity contribution in [3.05, 3.63) is 29.0 Å². The van der Waals surface area contributed by atoms with Crippen LogP contribution in [0.2, 0.25) is 5.02 Å². The van der Waals surface area contributed by atoms with E-state index in [1.54, 1.807) is 6.07 Å². The molecule has 1 rings (SSSR count). The molecule has 0 bridgehead atoms. The number of amidine groups is 1. The van der Waals surface area contributed by atoms with Crippen LogP contribution in [0.25, 0.3) is 0 Å². The number of halogens is 2. The highest BCUT2D eigenvalue weighted by molar-refractivity contribution is 6.30. The van der Waals surface area contributed by atoms with Gasteiger partial charge < -0.3 is 15.7 Å². The number of nitrogens with two attached hydrogens (primary N) is 1. The van der Waals surface area contributed by atoms with Gasteiger partial charge in [0.1, 0.15) is 17.4 Å². The van der Waals surface area contributed by atoms with Crippen LogP contribution in [0.15, 0.2) is 23.4 Å². The van der Waals surface area contributed by atoms with E-state index in [0.717, 1.165) is 19.3 Å². The second-order valence-electron chi connectivity index (χ2n) is 5.25. The van der Waals surface area contributed by atoms with Crippen LogP contribution in [0, 0.1) is 11.2 Å². The second kappa shape index (κ2) is 7.33. The molecule has 3 N–H and O–H groups in total. The number of nitrogens with zero attached hydrogens (tertiary/aromatic N) is 1. The van der Waals surface area contributed by atoms with Gasteiger partial charge in [0.05, 0.1) is 11.6 Å². The van der Waals surface area contributed by atoms with Gasteiger partial charge in [0.2, 0.25) is 0 Å². The minimum Gasteiger partial charge on any atom is -0.494 e. The Balaban J connectivity index is 2.30. The highest BCUT2D eigenvalue weighted by Crippen LogP contribution is 2.24. The van der Waals surface area contributed by atoms with Gasteiger partial charge in [-0.05, 0) is 31.4 Å². The molecule has 4 nitrogen and oxygen atoms in total. The van der Waals surface area contributed by atoms with Crippen molar-refractivity contribution in [2.45, 2.75) is 33.1 Å². The molecule has 0 spiro atoms. The molecule has 0 aromatic heterocycles. The lowest BCUT2D eigenvalue weighted by molar-refractivity contribution is 0.288. The number of benzene rings is 1. The SMILES string of the molecule is CC(C)(CCCCOc1ccc(F)c(Cl)c1)/C(N)=N/O. The zero-order valence-corrected chi connectivity index (χ0v) is 12.5. The molecule has 112 valence electrons. The minimum absolute atomic E-state index is 0.0514. The molecule has 0 aliphatic rings. The molecule has 0 radical (unpaired) electrons. The number of hydrogen-bond acceptors (Lipinski definition) is 3. The summed E-state index contributed by atoms with van der Waals surface area (Å²) in [4.78, 5) is 0. The summed E-state index contributed by atoms with van der Waals surface area (Å²) in [6.45, 7) is 4.35. The molecule has 1 aromatic rings. The Labute approximate surface area is 123 Å². The van der Waals surface area contributed by atoms with E-state index < -0.39 is 5.82 Å². The average molecular weight is 303 g/mol. The van der Waals surface area contributed by atoms with Gasteiger partial charge in [-0.15, -0.1) is 0 Å². The fourth-order valence-corrected chi connectivity index (χ4v) is 1.86. The lowest BCUT2D eigenvalue weighted by Crippen LogP contribution is -2.31. The molecule has 20 heavy (non-hydrogen) atoms. The van der Waals surface area contributed by atoms with E-state index in [9.17, 15) is 4.39 Å². The molecule has 0 aliphatic heterocycles. The quantitative estimate of drug-likeness (QED) is 0.265. The highest BCUT2D eigenvalue weighted by atomic mass is 35.5. The number of unbranched alkanes of at least 4 members (excludes halogenated alkanes) is 1. The maximum Gasteiger partial charge on any atom is 0.144 e. The van der Waals surface area contributed by atoms with E-state index in [0.29, 0.717) is 12.4 Å². The van der Waals surface area contributed by atoms with E-state index in [4.69, 9.17) is 27.3 Å². The third-order valence-electron chi connectivity index (χ3n) is 3.16. The van der Waals surface area contributed by atoms with E-state index in [1.165, 1.54) is 12.1 Å². The summed E-state index contributed by atoms with van der Waals surface area (Å²) in [5, 5.41) is 11.8. The monoisotopic (exact) mass is 302 g/mol. The third-order valence-corrected chi connectivity index (χ3v) is 3.45. The lowest BCUT2D eigenvalue weighted by Gasteiger charge is -2.22. The van der Waals surface area contributed by atoms with Crippen LogP contribution in [0.1, 0.15) is 33.1 Å². The molecule has 0 fully saturated rings. The molecular formula is C14H20ClFN2O2. The Bertz CT molecular complexity index is 478. The first-order chi connectivity index (χ1) is 9.36. The van der Waals surface area contributed by atoms with Crippen LogP contribution in [0.5, 0.6) is 5.75 Å². The van der Waals surface area contributed by atoms with E-state index in [-0.39, 0.29) is 16.3 Å². The smallest absolute Gasteiger partial charge is 0.144 e. The summed E-state index contributed by atoms with van der Waals surface area (Å²) in [7, 11) is 0. The fraction of sp³-hybridized carbons (Fsp3) is 0.500. The second-order valence-corrected chi connectivity index (χ2v) is 5.66. The van der Waals surface area contributed by atoms with Crippen LogP contribution in [-0.2, 0) is 0 Å². The molecular weight excluding hydrogens is 283 g/mol. The molecule has 1 aromatic carbocycles. The first-order valence-electron chi connectivity index (χ1n) is 6.42. The Morgan fingerprint density at radius 3 is 2.75 bits per heavy atom. The van der Waals surface area contributed by atoms with Gasteiger partial charge in [0.25, 0.3) is 0 Å².